The van der Waals surface area contributed by atoms with Gasteiger partial charge in [-0.1, -0.05) is 12.1 Å². The molecule has 0 atom stereocenters. The first-order valence-electron chi connectivity index (χ1n) is 10.3. The lowest BCUT2D eigenvalue weighted by molar-refractivity contribution is 0.0948. The highest BCUT2D eigenvalue weighted by Crippen LogP contribution is 2.22. The van der Waals surface area contributed by atoms with Crippen LogP contribution in [0.4, 0.5) is 5.69 Å². The maximum atomic E-state index is 12.5. The summed E-state index contributed by atoms with van der Waals surface area (Å²) < 4.78 is 28.3. The molecule has 1 saturated heterocycles. The second-order valence-corrected chi connectivity index (χ2v) is 9.25. The van der Waals surface area contributed by atoms with Crippen LogP contribution < -0.4 is 20.1 Å². The summed E-state index contributed by atoms with van der Waals surface area (Å²) in [6, 6.07) is 12.6. The van der Waals surface area contributed by atoms with Crippen LogP contribution in [0.15, 0.2) is 47.4 Å². The molecule has 168 valence electrons. The van der Waals surface area contributed by atoms with Crippen molar-refractivity contribution in [3.05, 3.63) is 53.6 Å². The van der Waals surface area contributed by atoms with Crippen molar-refractivity contribution < 1.29 is 17.9 Å². The molecule has 0 aliphatic carbocycles. The van der Waals surface area contributed by atoms with E-state index < -0.39 is 10.0 Å². The van der Waals surface area contributed by atoms with Gasteiger partial charge in [-0.15, -0.1) is 0 Å². The third kappa shape index (κ3) is 6.19. The van der Waals surface area contributed by atoms with Crippen LogP contribution >= 0.6 is 0 Å². The molecular weight excluding hydrogens is 416 g/mol. The average molecular weight is 447 g/mol. The average Bonchev–Trinajstić information content (AvgIpc) is 2.76. The Bertz CT molecular complexity index is 1020. The summed E-state index contributed by atoms with van der Waals surface area (Å²) in [5.41, 5.74) is 2.69. The first kappa shape index (κ1) is 23.1. The largest absolute Gasteiger partial charge is 0.496 e. The van der Waals surface area contributed by atoms with Crippen molar-refractivity contribution in [1.29, 1.82) is 0 Å². The first-order chi connectivity index (χ1) is 14.8. The number of piperazine rings is 1. The number of hydrogen-bond acceptors (Lipinski definition) is 6. The van der Waals surface area contributed by atoms with Crippen LogP contribution in [-0.2, 0) is 10.0 Å². The number of carbonyl (C=O) groups is 1. The SMILES string of the molecule is COc1ccc(S(N)(=O)=O)cc1C(=O)NCCCN1CCN(c2cccc(C)c2)CC1. The highest BCUT2D eigenvalue weighted by molar-refractivity contribution is 7.89. The lowest BCUT2D eigenvalue weighted by Gasteiger charge is -2.36. The molecule has 0 bridgehead atoms. The van der Waals surface area contributed by atoms with E-state index in [0.717, 1.165) is 39.1 Å². The van der Waals surface area contributed by atoms with Gasteiger partial charge in [0.25, 0.3) is 5.91 Å². The predicted molar refractivity (Wildman–Crippen MR) is 121 cm³/mol. The second-order valence-electron chi connectivity index (χ2n) is 7.68. The molecule has 31 heavy (non-hydrogen) atoms. The third-order valence-electron chi connectivity index (χ3n) is 5.42. The summed E-state index contributed by atoms with van der Waals surface area (Å²) in [5, 5.41) is 8.01. The topological polar surface area (TPSA) is 105 Å². The molecule has 1 aliphatic heterocycles. The van der Waals surface area contributed by atoms with E-state index in [2.05, 4.69) is 46.3 Å². The van der Waals surface area contributed by atoms with Crippen LogP contribution in [0.3, 0.4) is 0 Å². The molecule has 0 radical (unpaired) electrons. The minimum atomic E-state index is -3.90. The van der Waals surface area contributed by atoms with Crippen molar-refractivity contribution in [2.75, 3.05) is 51.3 Å². The maximum Gasteiger partial charge on any atom is 0.255 e. The maximum absolute atomic E-state index is 12.5. The first-order valence-corrected chi connectivity index (χ1v) is 11.9. The number of ether oxygens (including phenoxy) is 1. The summed E-state index contributed by atoms with van der Waals surface area (Å²) in [6.45, 7) is 7.39. The molecule has 1 aliphatic rings. The highest BCUT2D eigenvalue weighted by Gasteiger charge is 2.19. The molecule has 3 N–H and O–H groups in total. The van der Waals surface area contributed by atoms with E-state index in [1.807, 2.05) is 0 Å². The van der Waals surface area contributed by atoms with Crippen molar-refractivity contribution in [3.63, 3.8) is 0 Å². The van der Waals surface area contributed by atoms with Gasteiger partial charge >= 0.3 is 0 Å². The van der Waals surface area contributed by atoms with Crippen molar-refractivity contribution in [3.8, 4) is 5.75 Å². The van der Waals surface area contributed by atoms with E-state index in [0.29, 0.717) is 12.3 Å². The summed E-state index contributed by atoms with van der Waals surface area (Å²) in [6.07, 6.45) is 0.799. The van der Waals surface area contributed by atoms with Gasteiger partial charge in [0.15, 0.2) is 0 Å². The van der Waals surface area contributed by atoms with Crippen LogP contribution in [0.5, 0.6) is 5.75 Å². The van der Waals surface area contributed by atoms with Gasteiger partial charge in [-0.25, -0.2) is 13.6 Å². The number of amides is 1. The van der Waals surface area contributed by atoms with Gasteiger partial charge in [0.2, 0.25) is 10.0 Å². The second kappa shape index (κ2) is 10.1. The number of methoxy groups -OCH3 is 1. The molecule has 9 heteroatoms. The van der Waals surface area contributed by atoms with E-state index in [9.17, 15) is 13.2 Å². The van der Waals surface area contributed by atoms with E-state index in [-0.39, 0.29) is 16.4 Å². The van der Waals surface area contributed by atoms with Gasteiger partial charge in [0, 0.05) is 38.4 Å². The Balaban J connectivity index is 1.46. The molecule has 2 aromatic rings. The normalized spacial score (nSPS) is 15.0. The van der Waals surface area contributed by atoms with E-state index in [1.165, 1.54) is 36.6 Å². The monoisotopic (exact) mass is 446 g/mol. The van der Waals surface area contributed by atoms with Crippen molar-refractivity contribution in [1.82, 2.24) is 10.2 Å². The van der Waals surface area contributed by atoms with Gasteiger partial charge in [0.1, 0.15) is 5.75 Å². The zero-order chi connectivity index (χ0) is 22.4. The summed E-state index contributed by atoms with van der Waals surface area (Å²) >= 11 is 0. The fourth-order valence-corrected chi connectivity index (χ4v) is 4.24. The van der Waals surface area contributed by atoms with Gasteiger partial charge in [-0.05, 0) is 55.8 Å². The van der Waals surface area contributed by atoms with E-state index in [1.54, 1.807) is 0 Å². The van der Waals surface area contributed by atoms with Crippen molar-refractivity contribution >= 4 is 21.6 Å². The molecule has 0 saturated carbocycles. The number of rotatable bonds is 8. The lowest BCUT2D eigenvalue weighted by Crippen LogP contribution is -2.47. The lowest BCUT2D eigenvalue weighted by atomic mass is 10.2. The summed E-state index contributed by atoms with van der Waals surface area (Å²) in [7, 11) is -2.47. The fraction of sp³-hybridized carbons (Fsp3) is 0.409. The number of carbonyl (C=O) groups excluding carboxylic acids is 1. The Morgan fingerprint density at radius 3 is 2.52 bits per heavy atom. The Morgan fingerprint density at radius 2 is 1.87 bits per heavy atom. The summed E-state index contributed by atoms with van der Waals surface area (Å²) in [4.78, 5) is 17.2. The number of benzene rings is 2. The van der Waals surface area contributed by atoms with Crippen LogP contribution in [0, 0.1) is 6.92 Å². The van der Waals surface area contributed by atoms with E-state index >= 15 is 0 Å². The Morgan fingerprint density at radius 1 is 1.13 bits per heavy atom. The zero-order valence-corrected chi connectivity index (χ0v) is 18.8. The minimum Gasteiger partial charge on any atom is -0.496 e. The molecule has 2 aromatic carbocycles. The predicted octanol–water partition coefficient (Wildman–Crippen LogP) is 1.59. The van der Waals surface area contributed by atoms with Crippen LogP contribution in [-0.4, -0.2) is 65.6 Å². The van der Waals surface area contributed by atoms with Crippen LogP contribution in [0.2, 0.25) is 0 Å². The number of nitrogens with one attached hydrogen (secondary N) is 1. The molecule has 0 aromatic heterocycles. The number of anilines is 1. The number of nitrogens with two attached hydrogens (primary N) is 1. The molecule has 1 fully saturated rings. The Kier molecular flexibility index (Phi) is 7.53. The van der Waals surface area contributed by atoms with Gasteiger partial charge in [0.05, 0.1) is 17.6 Å². The number of aryl methyl sites for hydroxylation is 1. The minimum absolute atomic E-state index is 0.120. The van der Waals surface area contributed by atoms with Crippen LogP contribution in [0.1, 0.15) is 22.3 Å². The smallest absolute Gasteiger partial charge is 0.255 e. The van der Waals surface area contributed by atoms with Crippen molar-refractivity contribution in [2.45, 2.75) is 18.2 Å². The Hall–Kier alpha value is -2.62. The van der Waals surface area contributed by atoms with Crippen LogP contribution in [0.25, 0.3) is 0 Å². The van der Waals surface area contributed by atoms with Gasteiger partial charge < -0.3 is 15.0 Å². The number of sulfonamides is 1. The zero-order valence-electron chi connectivity index (χ0n) is 18.0. The molecule has 0 unspecified atom stereocenters. The number of hydrogen-bond donors (Lipinski definition) is 2. The van der Waals surface area contributed by atoms with Gasteiger partial charge in [-0.3, -0.25) is 9.69 Å². The van der Waals surface area contributed by atoms with Gasteiger partial charge in [-0.2, -0.15) is 0 Å². The molecule has 8 nitrogen and oxygen atoms in total. The quantitative estimate of drug-likeness (QED) is 0.597. The van der Waals surface area contributed by atoms with E-state index in [4.69, 9.17) is 9.88 Å². The molecule has 1 amide bonds. The fourth-order valence-electron chi connectivity index (χ4n) is 3.70. The number of primary sulfonamides is 1. The molecular formula is C22H30N4O4S. The third-order valence-corrected chi connectivity index (χ3v) is 6.33. The molecule has 0 spiro atoms. The highest BCUT2D eigenvalue weighted by atomic mass is 32.2. The summed E-state index contributed by atoms with van der Waals surface area (Å²) in [5.74, 6) is -0.0798. The number of nitrogens with zero attached hydrogens (tertiary/aromatic N) is 2. The molecule has 3 rings (SSSR count). The van der Waals surface area contributed by atoms with Crippen molar-refractivity contribution in [2.24, 2.45) is 5.14 Å². The Labute approximate surface area is 184 Å². The molecule has 1 heterocycles. The standard InChI is InChI=1S/C22H30N4O4S/c1-17-5-3-6-18(15-17)26-13-11-25(12-14-26)10-4-9-24-22(27)20-16-19(31(23,28)29)7-8-21(20)30-2/h3,5-8,15-16H,4,9-14H2,1-2H3,(H,24,27)(H2,23,28,29).